The molecule has 4 nitrogen and oxygen atoms in total. The number of nitrogens with zero attached hydrogens (tertiary/aromatic N) is 2. The summed E-state index contributed by atoms with van der Waals surface area (Å²) >= 11 is 0. The van der Waals surface area contributed by atoms with Gasteiger partial charge in [0.25, 0.3) is 0 Å². The summed E-state index contributed by atoms with van der Waals surface area (Å²) in [6.07, 6.45) is 10.0. The summed E-state index contributed by atoms with van der Waals surface area (Å²) in [6.45, 7) is 1.96. The van der Waals surface area contributed by atoms with E-state index in [4.69, 9.17) is 0 Å². The first-order chi connectivity index (χ1) is 10.2. The fourth-order valence-corrected chi connectivity index (χ4v) is 4.74. The van der Waals surface area contributed by atoms with Crippen LogP contribution in [0.25, 0.3) is 0 Å². The van der Waals surface area contributed by atoms with E-state index in [0.29, 0.717) is 17.9 Å². The topological polar surface area (TPSA) is 35.6 Å². The van der Waals surface area contributed by atoms with Gasteiger partial charge < -0.3 is 15.1 Å². The molecule has 3 aliphatic heterocycles. The SMILES string of the molecule is CN1C2CCC1CC(NC1CCN(C(=O)C3CC3)CC1)C2. The van der Waals surface area contributed by atoms with Crippen LogP contribution in [0.2, 0.25) is 0 Å². The van der Waals surface area contributed by atoms with Crippen molar-refractivity contribution < 1.29 is 4.79 Å². The lowest BCUT2D eigenvalue weighted by Gasteiger charge is -2.40. The Balaban J connectivity index is 1.25. The van der Waals surface area contributed by atoms with E-state index < -0.39 is 0 Å². The fraction of sp³-hybridized carbons (Fsp3) is 0.941. The molecule has 1 N–H and O–H groups in total. The molecule has 0 aromatic rings. The number of rotatable bonds is 3. The van der Waals surface area contributed by atoms with E-state index in [1.165, 1.54) is 25.7 Å². The fourth-order valence-electron chi connectivity index (χ4n) is 4.74. The average molecular weight is 291 g/mol. The van der Waals surface area contributed by atoms with Crippen LogP contribution in [0, 0.1) is 5.92 Å². The summed E-state index contributed by atoms with van der Waals surface area (Å²) in [5.74, 6) is 0.824. The van der Waals surface area contributed by atoms with Crippen molar-refractivity contribution in [3.05, 3.63) is 0 Å². The number of hydrogen-bond acceptors (Lipinski definition) is 3. The first-order valence-corrected chi connectivity index (χ1v) is 8.97. The molecular weight excluding hydrogens is 262 g/mol. The van der Waals surface area contributed by atoms with E-state index >= 15 is 0 Å². The van der Waals surface area contributed by atoms with Crippen molar-refractivity contribution in [3.63, 3.8) is 0 Å². The van der Waals surface area contributed by atoms with Gasteiger partial charge in [0, 0.05) is 43.2 Å². The van der Waals surface area contributed by atoms with Crippen LogP contribution in [0.5, 0.6) is 0 Å². The zero-order valence-corrected chi connectivity index (χ0v) is 13.3. The number of amides is 1. The minimum absolute atomic E-state index is 0.388. The van der Waals surface area contributed by atoms with Crippen LogP contribution in [0.1, 0.15) is 51.4 Å². The van der Waals surface area contributed by atoms with E-state index in [-0.39, 0.29) is 0 Å². The zero-order valence-electron chi connectivity index (χ0n) is 13.3. The Kier molecular flexibility index (Phi) is 3.70. The number of carbonyl (C=O) groups excluding carboxylic acids is 1. The zero-order chi connectivity index (χ0) is 14.4. The van der Waals surface area contributed by atoms with Crippen molar-refractivity contribution in [2.45, 2.75) is 75.5 Å². The first-order valence-electron chi connectivity index (χ1n) is 8.97. The van der Waals surface area contributed by atoms with Crippen molar-refractivity contribution in [3.8, 4) is 0 Å². The Morgan fingerprint density at radius 2 is 1.52 bits per heavy atom. The highest BCUT2D eigenvalue weighted by Gasteiger charge is 2.39. The summed E-state index contributed by atoms with van der Waals surface area (Å²) in [5.41, 5.74) is 0. The molecule has 21 heavy (non-hydrogen) atoms. The van der Waals surface area contributed by atoms with Gasteiger partial charge in [-0.15, -0.1) is 0 Å². The second kappa shape index (κ2) is 5.54. The van der Waals surface area contributed by atoms with E-state index in [1.807, 2.05) is 0 Å². The summed E-state index contributed by atoms with van der Waals surface area (Å²) in [6, 6.07) is 2.99. The molecule has 2 atom stereocenters. The van der Waals surface area contributed by atoms with Gasteiger partial charge in [-0.1, -0.05) is 0 Å². The molecule has 2 unspecified atom stereocenters. The third-order valence-corrected chi connectivity index (χ3v) is 6.30. The second-order valence-electron chi connectivity index (χ2n) is 7.76. The number of likely N-dealkylation sites (tertiary alicyclic amines) is 1. The number of hydrogen-bond donors (Lipinski definition) is 1. The molecule has 2 bridgehead atoms. The molecule has 0 spiro atoms. The molecule has 0 aromatic carbocycles. The maximum absolute atomic E-state index is 12.1. The van der Waals surface area contributed by atoms with Gasteiger partial charge in [-0.3, -0.25) is 4.79 Å². The van der Waals surface area contributed by atoms with Crippen molar-refractivity contribution in [2.24, 2.45) is 5.92 Å². The van der Waals surface area contributed by atoms with Gasteiger partial charge in [0.15, 0.2) is 0 Å². The molecule has 4 rings (SSSR count). The highest BCUT2D eigenvalue weighted by molar-refractivity contribution is 5.81. The van der Waals surface area contributed by atoms with Gasteiger partial charge in [0.05, 0.1) is 0 Å². The van der Waals surface area contributed by atoms with Crippen molar-refractivity contribution in [2.75, 3.05) is 20.1 Å². The largest absolute Gasteiger partial charge is 0.342 e. The lowest BCUT2D eigenvalue weighted by molar-refractivity contribution is -0.133. The highest BCUT2D eigenvalue weighted by Crippen LogP contribution is 2.35. The van der Waals surface area contributed by atoms with E-state index in [9.17, 15) is 4.79 Å². The van der Waals surface area contributed by atoms with E-state index in [2.05, 4.69) is 22.2 Å². The maximum Gasteiger partial charge on any atom is 0.225 e. The molecule has 0 radical (unpaired) electrons. The Morgan fingerprint density at radius 3 is 2.10 bits per heavy atom. The lowest BCUT2D eigenvalue weighted by atomic mass is 9.95. The molecule has 1 aliphatic carbocycles. The van der Waals surface area contributed by atoms with Gasteiger partial charge in [0.2, 0.25) is 5.91 Å². The minimum Gasteiger partial charge on any atom is -0.342 e. The summed E-state index contributed by atoms with van der Waals surface area (Å²) in [7, 11) is 2.31. The summed E-state index contributed by atoms with van der Waals surface area (Å²) in [5, 5.41) is 3.92. The number of piperidine rings is 2. The Morgan fingerprint density at radius 1 is 0.905 bits per heavy atom. The molecule has 3 heterocycles. The molecule has 3 saturated heterocycles. The molecule has 4 heteroatoms. The number of carbonyl (C=O) groups is 1. The molecule has 4 aliphatic rings. The molecule has 0 aromatic heterocycles. The summed E-state index contributed by atoms with van der Waals surface area (Å²) in [4.78, 5) is 16.8. The van der Waals surface area contributed by atoms with Crippen molar-refractivity contribution in [1.82, 2.24) is 15.1 Å². The normalized spacial score (nSPS) is 38.0. The highest BCUT2D eigenvalue weighted by atomic mass is 16.2. The predicted molar refractivity (Wildman–Crippen MR) is 83.1 cm³/mol. The van der Waals surface area contributed by atoms with Crippen LogP contribution >= 0.6 is 0 Å². The van der Waals surface area contributed by atoms with Crippen molar-refractivity contribution >= 4 is 5.91 Å². The quantitative estimate of drug-likeness (QED) is 0.858. The first kappa shape index (κ1) is 14.0. The lowest BCUT2D eigenvalue weighted by Crippen LogP contribution is -2.52. The van der Waals surface area contributed by atoms with Crippen LogP contribution < -0.4 is 5.32 Å². The smallest absolute Gasteiger partial charge is 0.225 e. The Bertz CT molecular complexity index is 387. The standard InChI is InChI=1S/C17H29N3O/c1-19-15-4-5-16(19)11-14(10-15)18-13-6-8-20(9-7-13)17(21)12-2-3-12/h12-16,18H,2-11H2,1H3. The van der Waals surface area contributed by atoms with Crippen LogP contribution in [0.15, 0.2) is 0 Å². The minimum atomic E-state index is 0.388. The van der Waals surface area contributed by atoms with Gasteiger partial charge in [-0.05, 0) is 58.4 Å². The molecule has 1 saturated carbocycles. The third kappa shape index (κ3) is 2.85. The molecular formula is C17H29N3O. The van der Waals surface area contributed by atoms with E-state index in [1.54, 1.807) is 0 Å². The second-order valence-corrected chi connectivity index (χ2v) is 7.76. The Labute approximate surface area is 128 Å². The number of fused-ring (bicyclic) bond motifs is 2. The van der Waals surface area contributed by atoms with Crippen LogP contribution in [-0.2, 0) is 4.79 Å². The molecule has 1 amide bonds. The van der Waals surface area contributed by atoms with E-state index in [0.717, 1.165) is 56.9 Å². The number of nitrogens with one attached hydrogen (secondary N) is 1. The third-order valence-electron chi connectivity index (χ3n) is 6.30. The van der Waals surface area contributed by atoms with Gasteiger partial charge in [0.1, 0.15) is 0 Å². The molecule has 118 valence electrons. The predicted octanol–water partition coefficient (Wildman–Crippen LogP) is 1.60. The monoisotopic (exact) mass is 291 g/mol. The van der Waals surface area contributed by atoms with Gasteiger partial charge in [-0.25, -0.2) is 0 Å². The average Bonchev–Trinajstić information content (AvgIpc) is 3.30. The molecule has 4 fully saturated rings. The van der Waals surface area contributed by atoms with Crippen LogP contribution in [0.4, 0.5) is 0 Å². The van der Waals surface area contributed by atoms with Crippen molar-refractivity contribution in [1.29, 1.82) is 0 Å². The maximum atomic E-state index is 12.1. The summed E-state index contributed by atoms with van der Waals surface area (Å²) < 4.78 is 0. The van der Waals surface area contributed by atoms with Crippen LogP contribution in [0.3, 0.4) is 0 Å². The van der Waals surface area contributed by atoms with Gasteiger partial charge in [-0.2, -0.15) is 0 Å². The Hall–Kier alpha value is -0.610. The van der Waals surface area contributed by atoms with Crippen LogP contribution in [-0.4, -0.2) is 60.0 Å². The van der Waals surface area contributed by atoms with Gasteiger partial charge >= 0.3 is 0 Å².